The van der Waals surface area contributed by atoms with Crippen molar-refractivity contribution in [2.45, 2.75) is 17.5 Å². The minimum Gasteiger partial charge on any atom is -0.480 e. The molecule has 2 heterocycles. The van der Waals surface area contributed by atoms with E-state index in [0.29, 0.717) is 12.2 Å². The first-order valence-electron chi connectivity index (χ1n) is 7.71. The van der Waals surface area contributed by atoms with Crippen LogP contribution in [0.5, 0.6) is 0 Å². The molecule has 1 aliphatic heterocycles. The Balaban J connectivity index is 1.75. The molecule has 3 aromatic rings. The Hall–Kier alpha value is -2.53. The summed E-state index contributed by atoms with van der Waals surface area (Å²) in [4.78, 5) is 23.7. The molecule has 0 unspecified atom stereocenters. The van der Waals surface area contributed by atoms with Crippen molar-refractivity contribution in [3.05, 3.63) is 76.1 Å². The minimum atomic E-state index is -0.954. The number of hydrogen-bond acceptors (Lipinski definition) is 3. The second-order valence-electron chi connectivity index (χ2n) is 5.89. The van der Waals surface area contributed by atoms with Crippen LogP contribution in [0.15, 0.2) is 64.4 Å². The third-order valence-corrected chi connectivity index (χ3v) is 5.45. The summed E-state index contributed by atoms with van der Waals surface area (Å²) in [5.74, 6) is -0.549. The lowest BCUT2D eigenvalue weighted by Crippen LogP contribution is -2.28. The van der Waals surface area contributed by atoms with E-state index in [0.717, 1.165) is 16.2 Å². The minimum absolute atomic E-state index is 0.236. The molecule has 4 rings (SSSR count). The summed E-state index contributed by atoms with van der Waals surface area (Å²) in [5, 5.41) is 12.3. The molecule has 24 heavy (non-hydrogen) atoms. The third-order valence-electron chi connectivity index (χ3n) is 4.35. The monoisotopic (exact) mass is 337 g/mol. The largest absolute Gasteiger partial charge is 0.480 e. The van der Waals surface area contributed by atoms with E-state index in [9.17, 15) is 14.7 Å². The van der Waals surface area contributed by atoms with E-state index in [-0.39, 0.29) is 5.56 Å². The van der Waals surface area contributed by atoms with Crippen molar-refractivity contribution >= 4 is 28.5 Å². The molecule has 1 aromatic heterocycles. The first-order valence-corrected chi connectivity index (χ1v) is 8.70. The van der Waals surface area contributed by atoms with Gasteiger partial charge in [-0.3, -0.25) is 9.36 Å². The predicted molar refractivity (Wildman–Crippen MR) is 94.9 cm³/mol. The van der Waals surface area contributed by atoms with Gasteiger partial charge < -0.3 is 5.11 Å². The third kappa shape index (κ3) is 2.51. The van der Waals surface area contributed by atoms with Crippen molar-refractivity contribution in [1.29, 1.82) is 0 Å². The summed E-state index contributed by atoms with van der Waals surface area (Å²) in [7, 11) is 0. The van der Waals surface area contributed by atoms with Crippen LogP contribution in [0.25, 0.3) is 10.8 Å². The number of rotatable bonds is 3. The Bertz CT molecular complexity index is 1000. The number of pyridine rings is 1. The van der Waals surface area contributed by atoms with Crippen LogP contribution in [-0.2, 0) is 11.2 Å². The number of carboxylic acids is 1. The van der Waals surface area contributed by atoms with Gasteiger partial charge in [0.05, 0.1) is 5.03 Å². The van der Waals surface area contributed by atoms with Crippen molar-refractivity contribution in [2.24, 2.45) is 0 Å². The molecular formula is C19H15NO3S. The molecule has 0 fully saturated rings. The molecule has 4 nitrogen and oxygen atoms in total. The molecule has 5 heteroatoms. The van der Waals surface area contributed by atoms with Crippen molar-refractivity contribution < 1.29 is 9.90 Å². The second-order valence-corrected chi connectivity index (χ2v) is 6.93. The molecule has 0 radical (unpaired) electrons. The molecule has 1 atom stereocenters. The molecule has 0 saturated heterocycles. The number of hydrogen-bond donors (Lipinski definition) is 1. The summed E-state index contributed by atoms with van der Waals surface area (Å²) in [6, 6.07) is 17.1. The number of benzene rings is 2. The van der Waals surface area contributed by atoms with Crippen LogP contribution < -0.4 is 5.56 Å². The van der Waals surface area contributed by atoms with Crippen molar-refractivity contribution in [3.8, 4) is 0 Å². The average molecular weight is 337 g/mol. The van der Waals surface area contributed by atoms with Crippen LogP contribution in [0.2, 0.25) is 0 Å². The standard InChI is InChI=1S/C19H15NO3S/c21-17-9-12(10-18-20(17)16(11-24-18)19(22)23)8-14-6-3-5-13-4-1-2-7-15(13)14/h1-7,9-10,16H,8,11H2,(H,22,23)/t16-/m0/s1. The van der Waals surface area contributed by atoms with Gasteiger partial charge in [-0.25, -0.2) is 4.79 Å². The van der Waals surface area contributed by atoms with E-state index in [1.807, 2.05) is 24.3 Å². The van der Waals surface area contributed by atoms with Crippen LogP contribution in [0.1, 0.15) is 17.2 Å². The molecule has 2 aromatic carbocycles. The smallest absolute Gasteiger partial charge is 0.327 e. The number of thioether (sulfide) groups is 1. The number of aliphatic carboxylic acids is 1. The maximum Gasteiger partial charge on any atom is 0.327 e. The zero-order chi connectivity index (χ0) is 16.7. The van der Waals surface area contributed by atoms with E-state index in [4.69, 9.17) is 0 Å². The van der Waals surface area contributed by atoms with Gasteiger partial charge >= 0.3 is 5.97 Å². The molecule has 1 N–H and O–H groups in total. The first-order chi connectivity index (χ1) is 11.6. The molecule has 0 bridgehead atoms. The molecule has 0 amide bonds. The van der Waals surface area contributed by atoms with Crippen molar-refractivity contribution in [3.63, 3.8) is 0 Å². The average Bonchev–Trinajstić information content (AvgIpc) is 3.00. The number of nitrogens with zero attached hydrogens (tertiary/aromatic N) is 1. The van der Waals surface area contributed by atoms with Crippen LogP contribution in [0, 0.1) is 0 Å². The summed E-state index contributed by atoms with van der Waals surface area (Å²) in [5.41, 5.74) is 1.84. The lowest BCUT2D eigenvalue weighted by molar-refractivity contribution is -0.140. The summed E-state index contributed by atoms with van der Waals surface area (Å²) in [6.45, 7) is 0. The highest BCUT2D eigenvalue weighted by atomic mass is 32.2. The number of carbonyl (C=O) groups is 1. The van der Waals surface area contributed by atoms with Gasteiger partial charge in [0.25, 0.3) is 5.56 Å². The summed E-state index contributed by atoms with van der Waals surface area (Å²) < 4.78 is 1.39. The molecule has 0 spiro atoms. The van der Waals surface area contributed by atoms with E-state index in [2.05, 4.69) is 24.3 Å². The number of carboxylic acid groups (broad SMARTS) is 1. The van der Waals surface area contributed by atoms with Gasteiger partial charge in [-0.15, -0.1) is 11.8 Å². The zero-order valence-corrected chi connectivity index (χ0v) is 13.6. The fourth-order valence-electron chi connectivity index (χ4n) is 3.21. The topological polar surface area (TPSA) is 59.3 Å². The Morgan fingerprint density at radius 3 is 2.79 bits per heavy atom. The molecule has 0 saturated carbocycles. The molecule has 1 aliphatic rings. The van der Waals surface area contributed by atoms with Gasteiger partial charge in [-0.1, -0.05) is 42.5 Å². The van der Waals surface area contributed by atoms with Crippen LogP contribution in [0.3, 0.4) is 0 Å². The highest BCUT2D eigenvalue weighted by Crippen LogP contribution is 2.32. The summed E-state index contributed by atoms with van der Waals surface area (Å²) >= 11 is 1.43. The summed E-state index contributed by atoms with van der Waals surface area (Å²) in [6.07, 6.45) is 0.655. The Kier molecular flexibility index (Phi) is 3.65. The Morgan fingerprint density at radius 1 is 1.17 bits per heavy atom. The van der Waals surface area contributed by atoms with E-state index < -0.39 is 12.0 Å². The van der Waals surface area contributed by atoms with E-state index in [1.165, 1.54) is 27.1 Å². The Labute approximate surface area is 142 Å². The lowest BCUT2D eigenvalue weighted by atomic mass is 9.99. The highest BCUT2D eigenvalue weighted by Gasteiger charge is 2.29. The van der Waals surface area contributed by atoms with Gasteiger partial charge in [-0.05, 0) is 34.4 Å². The molecule has 120 valence electrons. The fourth-order valence-corrected chi connectivity index (χ4v) is 4.43. The normalized spacial score (nSPS) is 16.2. The Morgan fingerprint density at radius 2 is 1.96 bits per heavy atom. The van der Waals surface area contributed by atoms with Crippen molar-refractivity contribution in [1.82, 2.24) is 4.57 Å². The number of aromatic nitrogens is 1. The van der Waals surface area contributed by atoms with E-state index >= 15 is 0 Å². The highest BCUT2D eigenvalue weighted by molar-refractivity contribution is 7.99. The maximum atomic E-state index is 12.4. The van der Waals surface area contributed by atoms with Crippen LogP contribution in [0.4, 0.5) is 0 Å². The predicted octanol–water partition coefficient (Wildman–Crippen LogP) is 3.32. The quantitative estimate of drug-likeness (QED) is 0.796. The van der Waals surface area contributed by atoms with Crippen molar-refractivity contribution in [2.75, 3.05) is 5.75 Å². The molecule has 0 aliphatic carbocycles. The lowest BCUT2D eigenvalue weighted by Gasteiger charge is -2.11. The fraction of sp³-hybridized carbons (Fsp3) is 0.158. The van der Waals surface area contributed by atoms with Gasteiger partial charge in [0.2, 0.25) is 0 Å². The number of fused-ring (bicyclic) bond motifs is 2. The second kappa shape index (κ2) is 5.83. The van der Waals surface area contributed by atoms with Gasteiger partial charge in [0.15, 0.2) is 0 Å². The SMILES string of the molecule is O=C(O)[C@@H]1CSc2cc(Cc3cccc4ccccc34)cc(=O)n21. The maximum absolute atomic E-state index is 12.4. The zero-order valence-electron chi connectivity index (χ0n) is 12.8. The van der Waals surface area contributed by atoms with Gasteiger partial charge in [0.1, 0.15) is 6.04 Å². The van der Waals surface area contributed by atoms with Crippen LogP contribution >= 0.6 is 11.8 Å². The van der Waals surface area contributed by atoms with E-state index in [1.54, 1.807) is 6.07 Å². The molecular weight excluding hydrogens is 322 g/mol. The van der Waals surface area contributed by atoms with Crippen LogP contribution in [-0.4, -0.2) is 21.4 Å². The first kappa shape index (κ1) is 15.0. The van der Waals surface area contributed by atoms with Gasteiger partial charge in [0, 0.05) is 11.8 Å². The van der Waals surface area contributed by atoms with Gasteiger partial charge in [-0.2, -0.15) is 0 Å².